The molecule has 0 radical (unpaired) electrons. The van der Waals surface area contributed by atoms with Crippen LogP contribution in [-0.4, -0.2) is 52.1 Å². The fraction of sp³-hybridized carbons (Fsp3) is 0.611. The molecule has 0 bridgehead atoms. The van der Waals surface area contributed by atoms with E-state index in [-0.39, 0.29) is 5.60 Å². The maximum atomic E-state index is 5.63. The maximum Gasteiger partial charge on any atom is 0.191 e. The van der Waals surface area contributed by atoms with Gasteiger partial charge in [-0.05, 0) is 38.5 Å². The zero-order valence-corrected chi connectivity index (χ0v) is 15.5. The minimum Gasteiger partial charge on any atom is -0.491 e. The molecule has 0 spiro atoms. The monoisotopic (exact) mass is 337 g/mol. The summed E-state index contributed by atoms with van der Waals surface area (Å²) in [5, 5.41) is 6.55. The molecule has 0 aromatic heterocycles. The van der Waals surface area contributed by atoms with E-state index >= 15 is 0 Å². The molecule has 0 aliphatic carbocycles. The van der Waals surface area contributed by atoms with Crippen LogP contribution in [-0.2, 0) is 16.0 Å². The number of rotatable bonds is 10. The Morgan fingerprint density at radius 1 is 1.17 bits per heavy atom. The summed E-state index contributed by atoms with van der Waals surface area (Å²) in [7, 11) is 3.37. The van der Waals surface area contributed by atoms with Gasteiger partial charge in [-0.1, -0.05) is 12.1 Å². The lowest BCUT2D eigenvalue weighted by molar-refractivity contribution is 0.0268. The quantitative estimate of drug-likeness (QED) is 0.389. The highest BCUT2D eigenvalue weighted by atomic mass is 16.5. The van der Waals surface area contributed by atoms with E-state index in [4.69, 9.17) is 14.2 Å². The van der Waals surface area contributed by atoms with E-state index in [9.17, 15) is 0 Å². The van der Waals surface area contributed by atoms with Crippen LogP contribution >= 0.6 is 0 Å². The van der Waals surface area contributed by atoms with Crippen LogP contribution in [0.1, 0.15) is 26.3 Å². The van der Waals surface area contributed by atoms with Crippen LogP contribution in [0.25, 0.3) is 0 Å². The summed E-state index contributed by atoms with van der Waals surface area (Å²) in [6.45, 7) is 9.28. The van der Waals surface area contributed by atoms with Crippen LogP contribution in [0.15, 0.2) is 29.3 Å². The van der Waals surface area contributed by atoms with Crippen molar-refractivity contribution in [3.63, 3.8) is 0 Å². The van der Waals surface area contributed by atoms with Crippen LogP contribution in [0.3, 0.4) is 0 Å². The number of hydrogen-bond acceptors (Lipinski definition) is 4. The molecule has 1 rings (SSSR count). The molecule has 0 unspecified atom stereocenters. The number of benzene rings is 1. The number of ether oxygens (including phenoxy) is 3. The Morgan fingerprint density at radius 3 is 2.62 bits per heavy atom. The Balaban J connectivity index is 2.63. The van der Waals surface area contributed by atoms with E-state index in [1.54, 1.807) is 14.2 Å². The average molecular weight is 337 g/mol. The van der Waals surface area contributed by atoms with Crippen molar-refractivity contribution in [2.24, 2.45) is 4.99 Å². The number of methoxy groups -OCH3 is 2. The van der Waals surface area contributed by atoms with E-state index in [0.717, 1.165) is 23.8 Å². The van der Waals surface area contributed by atoms with Gasteiger partial charge in [-0.2, -0.15) is 0 Å². The lowest BCUT2D eigenvalue weighted by Gasteiger charge is -2.24. The minimum absolute atomic E-state index is 0.245. The van der Waals surface area contributed by atoms with E-state index in [0.29, 0.717) is 26.3 Å². The van der Waals surface area contributed by atoms with Crippen molar-refractivity contribution < 1.29 is 14.2 Å². The van der Waals surface area contributed by atoms with Crippen molar-refractivity contribution in [2.75, 3.05) is 40.5 Å². The fourth-order valence-corrected chi connectivity index (χ4v) is 1.86. The summed E-state index contributed by atoms with van der Waals surface area (Å²) in [6.07, 6.45) is 0. The highest BCUT2D eigenvalue weighted by molar-refractivity contribution is 5.79. The normalized spacial score (nSPS) is 12.1. The molecule has 24 heavy (non-hydrogen) atoms. The predicted octanol–water partition coefficient (Wildman–Crippen LogP) is 2.19. The molecule has 0 aliphatic heterocycles. The summed E-state index contributed by atoms with van der Waals surface area (Å²) >= 11 is 0. The molecular formula is C18H31N3O3. The van der Waals surface area contributed by atoms with Crippen molar-refractivity contribution >= 4 is 5.96 Å². The number of aliphatic imine (C=N–C) groups is 1. The van der Waals surface area contributed by atoms with Gasteiger partial charge in [-0.25, -0.2) is 4.99 Å². The second kappa shape index (κ2) is 10.9. The first kappa shape index (κ1) is 20.3. The molecule has 0 amide bonds. The van der Waals surface area contributed by atoms with Crippen molar-refractivity contribution in [2.45, 2.75) is 32.9 Å². The number of nitrogens with zero attached hydrogens (tertiary/aromatic N) is 1. The van der Waals surface area contributed by atoms with Gasteiger partial charge in [0.2, 0.25) is 0 Å². The maximum absolute atomic E-state index is 5.63. The molecule has 0 aliphatic rings. The molecule has 0 heterocycles. The van der Waals surface area contributed by atoms with Gasteiger partial charge in [0.25, 0.3) is 0 Å². The highest BCUT2D eigenvalue weighted by Crippen LogP contribution is 2.14. The molecule has 136 valence electrons. The number of hydrogen-bond donors (Lipinski definition) is 2. The molecule has 0 fully saturated rings. The largest absolute Gasteiger partial charge is 0.491 e. The Morgan fingerprint density at radius 2 is 1.96 bits per heavy atom. The highest BCUT2D eigenvalue weighted by Gasteiger charge is 2.16. The lowest BCUT2D eigenvalue weighted by atomic mass is 10.1. The van der Waals surface area contributed by atoms with Gasteiger partial charge in [0, 0.05) is 27.3 Å². The molecule has 6 heteroatoms. The minimum atomic E-state index is -0.245. The lowest BCUT2D eigenvalue weighted by Crippen LogP contribution is -2.45. The summed E-state index contributed by atoms with van der Waals surface area (Å²) in [6, 6.07) is 7.95. The molecule has 0 saturated carbocycles. The van der Waals surface area contributed by atoms with E-state index < -0.39 is 0 Å². The SMILES string of the molecule is CCNC(=NCc1cccc(OCCOC)c1)NCC(C)(C)OC. The molecule has 0 saturated heterocycles. The molecular weight excluding hydrogens is 306 g/mol. The van der Waals surface area contributed by atoms with Crippen LogP contribution < -0.4 is 15.4 Å². The zero-order valence-electron chi connectivity index (χ0n) is 15.5. The summed E-state index contributed by atoms with van der Waals surface area (Å²) in [5.74, 6) is 1.60. The van der Waals surface area contributed by atoms with Crippen LogP contribution in [0, 0.1) is 0 Å². The third kappa shape index (κ3) is 8.17. The van der Waals surface area contributed by atoms with Crippen molar-refractivity contribution in [3.05, 3.63) is 29.8 Å². The Labute approximate surface area is 145 Å². The first-order valence-electron chi connectivity index (χ1n) is 8.28. The Kier molecular flexibility index (Phi) is 9.19. The zero-order chi connectivity index (χ0) is 17.8. The van der Waals surface area contributed by atoms with Gasteiger partial charge in [0.1, 0.15) is 12.4 Å². The topological polar surface area (TPSA) is 64.1 Å². The summed E-state index contributed by atoms with van der Waals surface area (Å²) in [4.78, 5) is 4.62. The third-order valence-electron chi connectivity index (χ3n) is 3.45. The average Bonchev–Trinajstić information content (AvgIpc) is 2.58. The van der Waals surface area contributed by atoms with Crippen molar-refractivity contribution in [1.29, 1.82) is 0 Å². The standard InChI is InChI=1S/C18H31N3O3/c1-6-19-17(21-14-18(2,3)23-5)20-13-15-8-7-9-16(12-15)24-11-10-22-4/h7-9,12H,6,10-11,13-14H2,1-5H3,(H2,19,20,21). The van der Waals surface area contributed by atoms with Gasteiger partial charge < -0.3 is 24.8 Å². The van der Waals surface area contributed by atoms with Gasteiger partial charge >= 0.3 is 0 Å². The van der Waals surface area contributed by atoms with E-state index in [1.807, 2.05) is 45.0 Å². The van der Waals surface area contributed by atoms with Gasteiger partial charge in [0.05, 0.1) is 18.8 Å². The van der Waals surface area contributed by atoms with Crippen LogP contribution in [0.2, 0.25) is 0 Å². The molecule has 0 atom stereocenters. The van der Waals surface area contributed by atoms with Crippen LogP contribution in [0.5, 0.6) is 5.75 Å². The summed E-state index contributed by atoms with van der Waals surface area (Å²) in [5.41, 5.74) is 0.846. The second-order valence-corrected chi connectivity index (χ2v) is 6.00. The fourth-order valence-electron chi connectivity index (χ4n) is 1.86. The smallest absolute Gasteiger partial charge is 0.191 e. The van der Waals surface area contributed by atoms with Gasteiger partial charge in [-0.3, -0.25) is 0 Å². The second-order valence-electron chi connectivity index (χ2n) is 6.00. The van der Waals surface area contributed by atoms with Gasteiger partial charge in [0.15, 0.2) is 5.96 Å². The van der Waals surface area contributed by atoms with Crippen molar-refractivity contribution in [1.82, 2.24) is 10.6 Å². The Hall–Kier alpha value is -1.79. The summed E-state index contributed by atoms with van der Waals surface area (Å²) < 4.78 is 16.0. The predicted molar refractivity (Wildman–Crippen MR) is 97.7 cm³/mol. The molecule has 1 aromatic rings. The first-order chi connectivity index (χ1) is 11.5. The number of guanidine groups is 1. The van der Waals surface area contributed by atoms with Crippen molar-refractivity contribution in [3.8, 4) is 5.75 Å². The third-order valence-corrected chi connectivity index (χ3v) is 3.45. The number of nitrogens with one attached hydrogen (secondary N) is 2. The molecule has 1 aromatic carbocycles. The first-order valence-corrected chi connectivity index (χ1v) is 8.28. The molecule has 2 N–H and O–H groups in total. The van der Waals surface area contributed by atoms with Crippen LogP contribution in [0.4, 0.5) is 0 Å². The molecule has 6 nitrogen and oxygen atoms in total. The van der Waals surface area contributed by atoms with E-state index in [2.05, 4.69) is 15.6 Å². The van der Waals surface area contributed by atoms with E-state index in [1.165, 1.54) is 0 Å². The van der Waals surface area contributed by atoms with Gasteiger partial charge in [-0.15, -0.1) is 0 Å². The Bertz CT molecular complexity index is 504.